The summed E-state index contributed by atoms with van der Waals surface area (Å²) in [4.78, 5) is 52.8. The maximum atomic E-state index is 13.9. The number of amides is 3. The van der Waals surface area contributed by atoms with Crippen LogP contribution in [-0.4, -0.2) is 64.4 Å². The van der Waals surface area contributed by atoms with Crippen molar-refractivity contribution in [1.82, 2.24) is 30.9 Å². The summed E-state index contributed by atoms with van der Waals surface area (Å²) in [6.45, 7) is 4.49. The Hall–Kier alpha value is -5.39. The molecule has 2 aliphatic rings. The number of pyridine rings is 1. The van der Waals surface area contributed by atoms with Crippen LogP contribution in [0.5, 0.6) is 0 Å². The van der Waals surface area contributed by atoms with Gasteiger partial charge in [-0.2, -0.15) is 0 Å². The van der Waals surface area contributed by atoms with Crippen LogP contribution in [-0.2, 0) is 16.0 Å². The van der Waals surface area contributed by atoms with Gasteiger partial charge in [0.05, 0.1) is 11.0 Å². The molecular formula is C42H48N8O3. The van der Waals surface area contributed by atoms with Gasteiger partial charge in [-0.3, -0.25) is 19.4 Å². The Morgan fingerprint density at radius 2 is 1.70 bits per heavy atom. The number of piperidine rings is 1. The molecule has 11 nitrogen and oxygen atoms in total. The second-order valence-electron chi connectivity index (χ2n) is 14.5. The zero-order valence-corrected chi connectivity index (χ0v) is 30.2. The number of nitrogens with two attached hydrogens (primary N) is 1. The Labute approximate surface area is 310 Å². The zero-order valence-electron chi connectivity index (χ0n) is 30.2. The number of aromatic amines is 1. The highest BCUT2D eigenvalue weighted by Gasteiger charge is 2.29. The van der Waals surface area contributed by atoms with Crippen molar-refractivity contribution in [3.05, 3.63) is 102 Å². The van der Waals surface area contributed by atoms with Crippen LogP contribution in [0.4, 0.5) is 5.69 Å². The molecule has 1 atom stereocenters. The number of hydrogen-bond donors (Lipinski definition) is 6. The summed E-state index contributed by atoms with van der Waals surface area (Å²) < 4.78 is 0. The number of H-pyrrole nitrogens is 1. The van der Waals surface area contributed by atoms with E-state index < -0.39 is 6.04 Å². The summed E-state index contributed by atoms with van der Waals surface area (Å²) in [7, 11) is 0. The van der Waals surface area contributed by atoms with Crippen LogP contribution in [0.15, 0.2) is 85.1 Å². The van der Waals surface area contributed by atoms with Gasteiger partial charge in [0, 0.05) is 35.8 Å². The second-order valence-corrected chi connectivity index (χ2v) is 14.5. The first-order valence-corrected chi connectivity index (χ1v) is 18.8. The normalized spacial score (nSPS) is 18.3. The molecule has 7 rings (SSSR count). The highest BCUT2D eigenvalue weighted by atomic mass is 16.2. The van der Waals surface area contributed by atoms with Crippen molar-refractivity contribution in [2.75, 3.05) is 25.0 Å². The molecule has 53 heavy (non-hydrogen) atoms. The maximum absolute atomic E-state index is 13.9. The first kappa shape index (κ1) is 36.0. The van der Waals surface area contributed by atoms with Gasteiger partial charge in [-0.15, -0.1) is 0 Å². The predicted molar refractivity (Wildman–Crippen MR) is 208 cm³/mol. The van der Waals surface area contributed by atoms with E-state index in [1.165, 1.54) is 0 Å². The minimum absolute atomic E-state index is 0.0422. The Bertz CT molecular complexity index is 2050. The lowest BCUT2D eigenvalue weighted by atomic mass is 9.81. The van der Waals surface area contributed by atoms with Crippen LogP contribution in [0.25, 0.3) is 33.7 Å². The van der Waals surface area contributed by atoms with Gasteiger partial charge < -0.3 is 32.0 Å². The van der Waals surface area contributed by atoms with E-state index in [2.05, 4.69) is 36.2 Å². The van der Waals surface area contributed by atoms with Crippen molar-refractivity contribution < 1.29 is 14.4 Å². The molecule has 2 fully saturated rings. The third-order valence-corrected chi connectivity index (χ3v) is 10.7. The largest absolute Gasteiger partial charge is 0.349 e. The Morgan fingerprint density at radius 3 is 2.42 bits per heavy atom. The van der Waals surface area contributed by atoms with E-state index in [-0.39, 0.29) is 29.7 Å². The molecule has 0 bridgehead atoms. The molecule has 274 valence electrons. The number of nitrogens with zero attached hydrogens (tertiary/aromatic N) is 2. The van der Waals surface area contributed by atoms with Crippen LogP contribution in [0, 0.1) is 18.8 Å². The van der Waals surface area contributed by atoms with Gasteiger partial charge in [-0.05, 0) is 136 Å². The minimum atomic E-state index is -0.790. The molecule has 3 amide bonds. The first-order chi connectivity index (χ1) is 25.8. The highest BCUT2D eigenvalue weighted by Crippen LogP contribution is 2.29. The molecule has 1 aliphatic carbocycles. The lowest BCUT2D eigenvalue weighted by Gasteiger charge is -2.28. The van der Waals surface area contributed by atoms with E-state index in [9.17, 15) is 14.4 Å². The maximum Gasteiger partial charge on any atom is 0.251 e. The van der Waals surface area contributed by atoms with Crippen LogP contribution in [0.1, 0.15) is 60.0 Å². The fraction of sp³-hybridized carbons (Fsp3) is 0.357. The average Bonchev–Trinajstić information content (AvgIpc) is 3.62. The molecule has 0 unspecified atom stereocenters. The lowest BCUT2D eigenvalue weighted by Crippen LogP contribution is -2.48. The fourth-order valence-corrected chi connectivity index (χ4v) is 7.52. The molecular weight excluding hydrogens is 665 g/mol. The lowest BCUT2D eigenvalue weighted by molar-refractivity contribution is -0.130. The summed E-state index contributed by atoms with van der Waals surface area (Å²) >= 11 is 0. The van der Waals surface area contributed by atoms with Crippen LogP contribution in [0.2, 0.25) is 0 Å². The van der Waals surface area contributed by atoms with Crippen molar-refractivity contribution in [3.63, 3.8) is 0 Å². The number of carbonyl (C=O) groups excluding carboxylic acids is 3. The van der Waals surface area contributed by atoms with Gasteiger partial charge in [0.1, 0.15) is 11.7 Å². The summed E-state index contributed by atoms with van der Waals surface area (Å²) in [5.41, 5.74) is 13.4. The number of imidazole rings is 1. The molecule has 3 aromatic carbocycles. The molecule has 2 aromatic heterocycles. The van der Waals surface area contributed by atoms with Gasteiger partial charge in [-0.25, -0.2) is 4.98 Å². The van der Waals surface area contributed by atoms with E-state index in [4.69, 9.17) is 5.73 Å². The first-order valence-electron chi connectivity index (χ1n) is 18.8. The number of nitrogens with one attached hydrogen (secondary N) is 5. The van der Waals surface area contributed by atoms with Gasteiger partial charge in [-0.1, -0.05) is 36.4 Å². The monoisotopic (exact) mass is 712 g/mol. The van der Waals surface area contributed by atoms with Crippen LogP contribution >= 0.6 is 0 Å². The number of carbonyl (C=O) groups is 3. The molecule has 0 radical (unpaired) electrons. The van der Waals surface area contributed by atoms with Crippen molar-refractivity contribution in [2.45, 2.75) is 64.0 Å². The van der Waals surface area contributed by atoms with Gasteiger partial charge in [0.15, 0.2) is 5.82 Å². The fourth-order valence-electron chi connectivity index (χ4n) is 7.52. The predicted octanol–water partition coefficient (Wildman–Crippen LogP) is 5.51. The van der Waals surface area contributed by atoms with E-state index in [0.717, 1.165) is 90.6 Å². The Kier molecular flexibility index (Phi) is 11.2. The number of hydrogen-bond acceptors (Lipinski definition) is 7. The molecule has 0 spiro atoms. The van der Waals surface area contributed by atoms with E-state index in [1.54, 1.807) is 6.20 Å². The Balaban J connectivity index is 1.06. The summed E-state index contributed by atoms with van der Waals surface area (Å²) in [6, 6.07) is 24.4. The molecule has 3 heterocycles. The third-order valence-electron chi connectivity index (χ3n) is 10.7. The quantitative estimate of drug-likeness (QED) is 0.105. The number of fused-ring (bicyclic) bond motifs is 1. The molecule has 7 N–H and O–H groups in total. The SMILES string of the molecule is Cc1cc(C(=O)NC2CCNCC2)ccc1-c1ccc(C[C@H](NC(=O)C2CCC(CN)CC2)C(=O)Nc2ccc3nc(-c4ccccn4)[nH]c3c2)cc1. The third kappa shape index (κ3) is 8.81. The number of aryl methyl sites for hydroxylation is 1. The molecule has 5 aromatic rings. The Morgan fingerprint density at radius 1 is 0.906 bits per heavy atom. The zero-order chi connectivity index (χ0) is 36.7. The van der Waals surface area contributed by atoms with Gasteiger partial charge in [0.25, 0.3) is 5.91 Å². The topological polar surface area (TPSA) is 167 Å². The highest BCUT2D eigenvalue weighted by molar-refractivity contribution is 5.99. The molecule has 1 saturated carbocycles. The molecule has 11 heteroatoms. The summed E-state index contributed by atoms with van der Waals surface area (Å²) in [5, 5.41) is 12.6. The number of benzene rings is 3. The van der Waals surface area contributed by atoms with Gasteiger partial charge >= 0.3 is 0 Å². The minimum Gasteiger partial charge on any atom is -0.349 e. The number of anilines is 1. The molecule has 1 saturated heterocycles. The van der Waals surface area contributed by atoms with Crippen molar-refractivity contribution in [2.24, 2.45) is 17.6 Å². The van der Waals surface area contributed by atoms with Crippen LogP contribution < -0.4 is 27.0 Å². The average molecular weight is 713 g/mol. The van der Waals surface area contributed by atoms with Crippen molar-refractivity contribution in [3.8, 4) is 22.6 Å². The smallest absolute Gasteiger partial charge is 0.251 e. The van der Waals surface area contributed by atoms with Gasteiger partial charge in [0.2, 0.25) is 11.8 Å². The van der Waals surface area contributed by atoms with Crippen LogP contribution in [0.3, 0.4) is 0 Å². The number of aromatic nitrogens is 3. The summed E-state index contributed by atoms with van der Waals surface area (Å²) in [5.74, 6) is 0.515. The van der Waals surface area contributed by atoms with E-state index in [1.807, 2.05) is 85.8 Å². The standard InChI is InChI=1S/C42H48N8O3/c1-26-22-31(41(52)46-32-17-20-44-21-18-32)13-15-34(26)29-9-5-27(6-10-29)23-38(50-40(51)30-11-7-28(25-43)8-12-30)42(53)47-33-14-16-35-37(24-33)49-39(48-35)36-4-2-3-19-45-36/h2-6,9-10,13-16,19,22,24,28,30,32,38,44H,7-8,11-12,17-18,20-21,23,25,43H2,1H3,(H,46,52)(H,47,53)(H,48,49)(H,50,51)/t28?,30?,38-/m0/s1. The second kappa shape index (κ2) is 16.5. The summed E-state index contributed by atoms with van der Waals surface area (Å²) in [6.07, 6.45) is 7.28. The van der Waals surface area contributed by atoms with E-state index in [0.29, 0.717) is 36.0 Å². The van der Waals surface area contributed by atoms with E-state index >= 15 is 0 Å². The van der Waals surface area contributed by atoms with Crippen molar-refractivity contribution >= 4 is 34.4 Å². The number of rotatable bonds is 11. The molecule has 1 aliphatic heterocycles. The van der Waals surface area contributed by atoms with Crippen molar-refractivity contribution in [1.29, 1.82) is 0 Å².